The van der Waals surface area contributed by atoms with Crippen LogP contribution in [0.2, 0.25) is 0 Å². The summed E-state index contributed by atoms with van der Waals surface area (Å²) in [7, 11) is 1.49. The Morgan fingerprint density at radius 3 is 2.48 bits per heavy atom. The van der Waals surface area contributed by atoms with Gasteiger partial charge in [0.2, 0.25) is 11.8 Å². The first-order chi connectivity index (χ1) is 14.7. The summed E-state index contributed by atoms with van der Waals surface area (Å²) < 4.78 is 37.5. The van der Waals surface area contributed by atoms with E-state index in [9.17, 15) is 18.4 Å². The third-order valence-corrected chi connectivity index (χ3v) is 4.19. The average molecular weight is 433 g/mol. The second kappa shape index (κ2) is 8.94. The van der Waals surface area contributed by atoms with Crippen molar-refractivity contribution in [3.05, 3.63) is 64.5 Å². The minimum absolute atomic E-state index is 0.0168. The molecule has 0 radical (unpaired) electrons. The zero-order valence-corrected chi connectivity index (χ0v) is 17.1. The van der Waals surface area contributed by atoms with Crippen molar-refractivity contribution in [3.63, 3.8) is 0 Å². The third kappa shape index (κ3) is 5.65. The highest BCUT2D eigenvalue weighted by atomic mass is 19.3. The number of carbonyl (C=O) groups is 1. The molecular formula is C20H21F2N5O4. The molecule has 0 aliphatic rings. The first-order valence-corrected chi connectivity index (χ1v) is 9.25. The van der Waals surface area contributed by atoms with Crippen molar-refractivity contribution in [2.45, 2.75) is 33.0 Å². The number of benzene rings is 1. The average Bonchev–Trinajstić information content (AvgIpc) is 2.99. The maximum Gasteiger partial charge on any atom is 0.394 e. The number of aryl methyl sites for hydroxylation is 1. The Morgan fingerprint density at radius 2 is 1.90 bits per heavy atom. The van der Waals surface area contributed by atoms with E-state index in [-0.39, 0.29) is 18.8 Å². The van der Waals surface area contributed by atoms with Gasteiger partial charge in [-0.15, -0.1) is 0 Å². The van der Waals surface area contributed by atoms with Crippen LogP contribution in [-0.4, -0.2) is 38.5 Å². The lowest BCUT2D eigenvalue weighted by Crippen LogP contribution is -2.33. The number of halogens is 2. The largest absolute Gasteiger partial charge is 0.481 e. The number of amides is 1. The Hall–Kier alpha value is -3.76. The van der Waals surface area contributed by atoms with E-state index in [0.29, 0.717) is 29.9 Å². The van der Waals surface area contributed by atoms with Crippen LogP contribution in [0.5, 0.6) is 11.6 Å². The van der Waals surface area contributed by atoms with Gasteiger partial charge in [-0.3, -0.25) is 4.79 Å². The molecule has 9 nitrogen and oxygen atoms in total. The van der Waals surface area contributed by atoms with Crippen molar-refractivity contribution in [1.82, 2.24) is 24.6 Å². The summed E-state index contributed by atoms with van der Waals surface area (Å²) in [6.45, 7) is 2.17. The molecule has 164 valence electrons. The number of alkyl halides is 2. The molecule has 0 spiro atoms. The van der Waals surface area contributed by atoms with Gasteiger partial charge in [-0.25, -0.2) is 19.0 Å². The standard InChI is InChI=1S/C20H21F2N5O4/c1-13-25-26(19(29)27(13)15-6-9-18(30-3)24-11-15)12-17(28)23-10-14-4-7-16(8-5-14)31-20(2,21)22/h4-9,11H,10,12H2,1-3H3,(H,23,28). The quantitative estimate of drug-likeness (QED) is 0.584. The molecule has 0 fully saturated rings. The molecule has 1 N–H and O–H groups in total. The van der Waals surface area contributed by atoms with E-state index in [4.69, 9.17) is 4.74 Å². The van der Waals surface area contributed by atoms with Crippen molar-refractivity contribution in [3.8, 4) is 17.3 Å². The molecule has 2 aromatic heterocycles. The van der Waals surface area contributed by atoms with Gasteiger partial charge in [0.05, 0.1) is 19.0 Å². The molecule has 0 unspecified atom stereocenters. The Labute approximate surface area is 176 Å². The van der Waals surface area contributed by atoms with Crippen LogP contribution in [0.1, 0.15) is 18.3 Å². The van der Waals surface area contributed by atoms with Gasteiger partial charge in [0.25, 0.3) is 0 Å². The number of methoxy groups -OCH3 is 1. The first-order valence-electron chi connectivity index (χ1n) is 9.25. The molecule has 3 rings (SSSR count). The first kappa shape index (κ1) is 21.9. The molecule has 2 heterocycles. The van der Waals surface area contributed by atoms with Gasteiger partial charge in [0.15, 0.2) is 0 Å². The highest BCUT2D eigenvalue weighted by Gasteiger charge is 2.23. The zero-order chi connectivity index (χ0) is 22.6. The molecule has 0 bridgehead atoms. The van der Waals surface area contributed by atoms with Crippen LogP contribution < -0.4 is 20.5 Å². The van der Waals surface area contributed by atoms with Gasteiger partial charge < -0.3 is 14.8 Å². The number of hydrogen-bond donors (Lipinski definition) is 1. The van der Waals surface area contributed by atoms with Crippen molar-refractivity contribution in [1.29, 1.82) is 0 Å². The minimum atomic E-state index is -3.27. The van der Waals surface area contributed by atoms with Crippen molar-refractivity contribution >= 4 is 5.91 Å². The summed E-state index contributed by atoms with van der Waals surface area (Å²) in [6.07, 6.45) is -1.80. The van der Waals surface area contributed by atoms with E-state index < -0.39 is 17.7 Å². The van der Waals surface area contributed by atoms with E-state index in [1.807, 2.05) is 0 Å². The van der Waals surface area contributed by atoms with Crippen LogP contribution in [0.3, 0.4) is 0 Å². The smallest absolute Gasteiger partial charge is 0.394 e. The number of nitrogens with zero attached hydrogens (tertiary/aromatic N) is 4. The summed E-state index contributed by atoms with van der Waals surface area (Å²) in [5.74, 6) is 0.389. The molecule has 1 aromatic carbocycles. The summed E-state index contributed by atoms with van der Waals surface area (Å²) in [4.78, 5) is 29.0. The number of pyridine rings is 1. The monoisotopic (exact) mass is 433 g/mol. The molecule has 0 aliphatic carbocycles. The van der Waals surface area contributed by atoms with Gasteiger partial charge in [-0.1, -0.05) is 12.1 Å². The van der Waals surface area contributed by atoms with E-state index in [1.165, 1.54) is 30.0 Å². The summed E-state index contributed by atoms with van der Waals surface area (Å²) >= 11 is 0. The zero-order valence-electron chi connectivity index (χ0n) is 17.1. The van der Waals surface area contributed by atoms with Crippen LogP contribution >= 0.6 is 0 Å². The van der Waals surface area contributed by atoms with Crippen molar-refractivity contribution in [2.75, 3.05) is 7.11 Å². The Balaban J connectivity index is 1.62. The van der Waals surface area contributed by atoms with Crippen molar-refractivity contribution < 1.29 is 23.0 Å². The maximum absolute atomic E-state index is 12.9. The number of rotatable bonds is 8. The van der Waals surface area contributed by atoms with Crippen LogP contribution in [0.25, 0.3) is 5.69 Å². The molecule has 11 heteroatoms. The lowest BCUT2D eigenvalue weighted by Gasteiger charge is -2.13. The molecular weight excluding hydrogens is 412 g/mol. The molecule has 3 aromatic rings. The molecule has 0 atom stereocenters. The number of hydrogen-bond acceptors (Lipinski definition) is 6. The fourth-order valence-electron chi connectivity index (χ4n) is 2.82. The second-order valence-corrected chi connectivity index (χ2v) is 6.71. The number of ether oxygens (including phenoxy) is 2. The Morgan fingerprint density at radius 1 is 1.19 bits per heavy atom. The predicted octanol–water partition coefficient (Wildman–Crippen LogP) is 2.05. The Bertz CT molecular complexity index is 1100. The van der Waals surface area contributed by atoms with Crippen LogP contribution in [-0.2, 0) is 17.9 Å². The van der Waals surface area contributed by atoms with Crippen molar-refractivity contribution in [2.24, 2.45) is 0 Å². The fourth-order valence-corrected chi connectivity index (χ4v) is 2.82. The summed E-state index contributed by atoms with van der Waals surface area (Å²) in [5, 5.41) is 6.79. The molecule has 1 amide bonds. The van der Waals surface area contributed by atoms with Gasteiger partial charge in [0.1, 0.15) is 18.1 Å². The fraction of sp³-hybridized carbons (Fsp3) is 0.300. The topological polar surface area (TPSA) is 100 Å². The maximum atomic E-state index is 12.9. The third-order valence-electron chi connectivity index (χ3n) is 4.19. The summed E-state index contributed by atoms with van der Waals surface area (Å²) in [5.41, 5.74) is 0.690. The molecule has 0 saturated heterocycles. The lowest BCUT2D eigenvalue weighted by atomic mass is 10.2. The van der Waals surface area contributed by atoms with Gasteiger partial charge in [-0.2, -0.15) is 13.9 Å². The van der Waals surface area contributed by atoms with Crippen LogP contribution in [0.4, 0.5) is 8.78 Å². The van der Waals surface area contributed by atoms with E-state index in [1.54, 1.807) is 31.2 Å². The molecule has 0 saturated carbocycles. The SMILES string of the molecule is COc1ccc(-n2c(C)nn(CC(=O)NCc3ccc(OC(C)(F)F)cc3)c2=O)cn1. The van der Waals surface area contributed by atoms with Gasteiger partial charge >= 0.3 is 11.8 Å². The Kier molecular flexibility index (Phi) is 6.33. The van der Waals surface area contributed by atoms with Crippen LogP contribution in [0, 0.1) is 6.92 Å². The van der Waals surface area contributed by atoms with Gasteiger partial charge in [0, 0.05) is 19.5 Å². The number of nitrogens with one attached hydrogen (secondary N) is 1. The van der Waals surface area contributed by atoms with Gasteiger partial charge in [-0.05, 0) is 30.7 Å². The van der Waals surface area contributed by atoms with Crippen LogP contribution in [0.15, 0.2) is 47.4 Å². The van der Waals surface area contributed by atoms with E-state index >= 15 is 0 Å². The van der Waals surface area contributed by atoms with E-state index in [2.05, 4.69) is 20.1 Å². The summed E-state index contributed by atoms with van der Waals surface area (Å²) in [6, 6.07) is 9.16. The number of carbonyl (C=O) groups excluding carboxylic acids is 1. The lowest BCUT2D eigenvalue weighted by molar-refractivity contribution is -0.158. The minimum Gasteiger partial charge on any atom is -0.481 e. The predicted molar refractivity (Wildman–Crippen MR) is 106 cm³/mol. The molecule has 31 heavy (non-hydrogen) atoms. The number of aromatic nitrogens is 4. The highest BCUT2D eigenvalue weighted by molar-refractivity contribution is 5.75. The normalized spacial score (nSPS) is 11.3. The second-order valence-electron chi connectivity index (χ2n) is 6.71. The molecule has 0 aliphatic heterocycles. The highest BCUT2D eigenvalue weighted by Crippen LogP contribution is 2.21. The van der Waals surface area contributed by atoms with E-state index in [0.717, 1.165) is 4.68 Å².